The first kappa shape index (κ1) is 15.1. The average molecular weight is 318 g/mol. The Labute approximate surface area is 122 Å². The molecule has 0 spiro atoms. The van der Waals surface area contributed by atoms with E-state index in [0.717, 1.165) is 0 Å². The molecular weight excluding hydrogens is 302 g/mol. The zero-order valence-electron chi connectivity index (χ0n) is 11.3. The van der Waals surface area contributed by atoms with Crippen molar-refractivity contribution in [3.05, 3.63) is 23.8 Å². The fourth-order valence-electron chi connectivity index (χ4n) is 2.20. The molecule has 2 rings (SSSR count). The highest BCUT2D eigenvalue weighted by molar-refractivity contribution is 8.13. The van der Waals surface area contributed by atoms with E-state index < -0.39 is 9.05 Å². The van der Waals surface area contributed by atoms with Crippen LogP contribution in [-0.2, 0) is 13.8 Å². The lowest BCUT2D eigenvalue weighted by Crippen LogP contribution is -2.34. The molecule has 5 nitrogen and oxygen atoms in total. The second kappa shape index (κ2) is 5.61. The van der Waals surface area contributed by atoms with Gasteiger partial charge in [0.05, 0.1) is 17.4 Å². The number of fused-ring (bicyclic) bond motifs is 1. The number of hydrogen-bond donors (Lipinski definition) is 0. The summed E-state index contributed by atoms with van der Waals surface area (Å²) in [5.74, 6) is 0.117. The number of carbonyl (C=O) groups is 1. The van der Waals surface area contributed by atoms with Crippen LogP contribution in [0.25, 0.3) is 0 Å². The number of carbonyl (C=O) groups excluding carboxylic acids is 1. The van der Waals surface area contributed by atoms with Gasteiger partial charge in [0, 0.05) is 29.8 Å². The first-order valence-electron chi connectivity index (χ1n) is 6.31. The lowest BCUT2D eigenvalue weighted by atomic mass is 9.92. The number of halogens is 1. The zero-order chi connectivity index (χ0) is 14.9. The first-order valence-corrected chi connectivity index (χ1v) is 8.62. The number of likely N-dealkylation sites (N-methyl/N-ethyl adjacent to an activating group) is 1. The third kappa shape index (κ3) is 2.91. The zero-order valence-corrected chi connectivity index (χ0v) is 12.9. The van der Waals surface area contributed by atoms with Crippen molar-refractivity contribution in [2.75, 3.05) is 20.2 Å². The molecule has 1 aliphatic heterocycles. The van der Waals surface area contributed by atoms with E-state index in [0.29, 0.717) is 30.9 Å². The molecule has 1 aromatic rings. The van der Waals surface area contributed by atoms with Crippen molar-refractivity contribution >= 4 is 25.6 Å². The van der Waals surface area contributed by atoms with Crippen LogP contribution in [0.3, 0.4) is 0 Å². The number of ether oxygens (including phenoxy) is 1. The van der Waals surface area contributed by atoms with E-state index in [2.05, 4.69) is 0 Å². The van der Waals surface area contributed by atoms with Crippen molar-refractivity contribution in [2.45, 2.75) is 24.2 Å². The van der Waals surface area contributed by atoms with Gasteiger partial charge in [0.15, 0.2) is 0 Å². The van der Waals surface area contributed by atoms with Crippen LogP contribution >= 0.6 is 10.7 Å². The van der Waals surface area contributed by atoms with Gasteiger partial charge in [-0.15, -0.1) is 0 Å². The Morgan fingerprint density at radius 1 is 1.50 bits per heavy atom. The van der Waals surface area contributed by atoms with Crippen LogP contribution in [0.5, 0.6) is 5.75 Å². The minimum absolute atomic E-state index is 0.0135. The summed E-state index contributed by atoms with van der Waals surface area (Å²) in [4.78, 5) is 13.9. The Morgan fingerprint density at radius 3 is 2.80 bits per heavy atom. The molecule has 7 heteroatoms. The summed E-state index contributed by atoms with van der Waals surface area (Å²) in [6, 6.07) is 4.37. The van der Waals surface area contributed by atoms with E-state index in [1.54, 1.807) is 18.0 Å². The van der Waals surface area contributed by atoms with Crippen molar-refractivity contribution in [1.82, 2.24) is 4.90 Å². The van der Waals surface area contributed by atoms with E-state index in [4.69, 9.17) is 15.4 Å². The van der Waals surface area contributed by atoms with Gasteiger partial charge in [0.2, 0.25) is 5.91 Å². The fourth-order valence-corrected chi connectivity index (χ4v) is 2.99. The molecule has 1 unspecified atom stereocenters. The lowest BCUT2D eigenvalue weighted by Gasteiger charge is -2.28. The van der Waals surface area contributed by atoms with Gasteiger partial charge in [-0.05, 0) is 31.5 Å². The molecule has 0 saturated carbocycles. The van der Waals surface area contributed by atoms with Crippen LogP contribution < -0.4 is 4.74 Å². The number of nitrogens with zero attached hydrogens (tertiary/aromatic N) is 1. The average Bonchev–Trinajstić information content (AvgIpc) is 2.43. The largest absolute Gasteiger partial charge is 0.493 e. The molecule has 0 saturated heterocycles. The Balaban J connectivity index is 2.46. The monoisotopic (exact) mass is 317 g/mol. The molecule has 1 aliphatic rings. The van der Waals surface area contributed by atoms with E-state index in [1.165, 1.54) is 12.1 Å². The maximum atomic E-state index is 12.3. The summed E-state index contributed by atoms with van der Waals surface area (Å²) in [5.41, 5.74) is 0.586. The smallest absolute Gasteiger partial charge is 0.261 e. The second-order valence-electron chi connectivity index (χ2n) is 4.68. The molecule has 20 heavy (non-hydrogen) atoms. The van der Waals surface area contributed by atoms with Gasteiger partial charge < -0.3 is 9.64 Å². The minimum atomic E-state index is -3.82. The molecule has 0 aliphatic carbocycles. The van der Waals surface area contributed by atoms with E-state index in [1.807, 2.05) is 6.92 Å². The summed E-state index contributed by atoms with van der Waals surface area (Å²) in [6.07, 6.45) is 0.530. The molecule has 1 amide bonds. The maximum Gasteiger partial charge on any atom is 0.261 e. The van der Waals surface area contributed by atoms with E-state index in [-0.39, 0.29) is 16.7 Å². The first-order chi connectivity index (χ1) is 9.34. The number of benzene rings is 1. The van der Waals surface area contributed by atoms with Crippen LogP contribution in [-0.4, -0.2) is 39.4 Å². The number of rotatable bonds is 3. The Hall–Kier alpha value is -1.27. The van der Waals surface area contributed by atoms with Crippen molar-refractivity contribution in [1.29, 1.82) is 0 Å². The lowest BCUT2D eigenvalue weighted by molar-refractivity contribution is -0.132. The van der Waals surface area contributed by atoms with Gasteiger partial charge >= 0.3 is 0 Å². The van der Waals surface area contributed by atoms with Crippen molar-refractivity contribution in [3.63, 3.8) is 0 Å². The number of hydrogen-bond acceptors (Lipinski definition) is 4. The van der Waals surface area contributed by atoms with Gasteiger partial charge in [-0.1, -0.05) is 0 Å². The van der Waals surface area contributed by atoms with Crippen LogP contribution in [0.15, 0.2) is 23.1 Å². The quantitative estimate of drug-likeness (QED) is 0.799. The maximum absolute atomic E-state index is 12.3. The highest BCUT2D eigenvalue weighted by Gasteiger charge is 2.30. The van der Waals surface area contributed by atoms with Gasteiger partial charge in [-0.2, -0.15) is 0 Å². The number of amides is 1. The third-order valence-corrected chi connectivity index (χ3v) is 4.80. The molecule has 0 bridgehead atoms. The highest BCUT2D eigenvalue weighted by atomic mass is 35.7. The Kier molecular flexibility index (Phi) is 4.25. The summed E-state index contributed by atoms with van der Waals surface area (Å²) < 4.78 is 28.3. The molecule has 1 atom stereocenters. The molecule has 110 valence electrons. The standard InChI is InChI=1S/C13H16ClNO4S/c1-3-15(2)13(16)10-6-7-19-12-5-4-9(8-11(10)12)20(14,17)18/h4-5,8,10H,3,6-7H2,1-2H3. The predicted octanol–water partition coefficient (Wildman–Crippen LogP) is 1.96. The molecule has 0 fully saturated rings. The van der Waals surface area contributed by atoms with Gasteiger partial charge in [0.1, 0.15) is 5.75 Å². The molecular formula is C13H16ClNO4S. The predicted molar refractivity (Wildman–Crippen MR) is 75.6 cm³/mol. The summed E-state index contributed by atoms with van der Waals surface area (Å²) >= 11 is 0. The molecule has 1 aromatic carbocycles. The van der Waals surface area contributed by atoms with Crippen LogP contribution in [0.1, 0.15) is 24.8 Å². The third-order valence-electron chi connectivity index (χ3n) is 3.45. The normalized spacial score (nSPS) is 18.1. The fraction of sp³-hybridized carbons (Fsp3) is 0.462. The minimum Gasteiger partial charge on any atom is -0.493 e. The van der Waals surface area contributed by atoms with Crippen LogP contribution in [0, 0.1) is 0 Å². The molecule has 0 aromatic heterocycles. The summed E-state index contributed by atoms with van der Waals surface area (Å²) in [5, 5.41) is 0. The molecule has 1 heterocycles. The molecule has 0 radical (unpaired) electrons. The van der Waals surface area contributed by atoms with Crippen molar-refractivity contribution in [2.24, 2.45) is 0 Å². The van der Waals surface area contributed by atoms with Gasteiger partial charge in [-0.3, -0.25) is 4.79 Å². The second-order valence-corrected chi connectivity index (χ2v) is 7.25. The van der Waals surface area contributed by atoms with Gasteiger partial charge in [0.25, 0.3) is 9.05 Å². The van der Waals surface area contributed by atoms with Crippen molar-refractivity contribution < 1.29 is 17.9 Å². The van der Waals surface area contributed by atoms with Gasteiger partial charge in [-0.25, -0.2) is 8.42 Å². The van der Waals surface area contributed by atoms with E-state index >= 15 is 0 Å². The SMILES string of the molecule is CCN(C)C(=O)C1CCOc2ccc(S(=O)(=O)Cl)cc21. The highest BCUT2D eigenvalue weighted by Crippen LogP contribution is 2.36. The van der Waals surface area contributed by atoms with Crippen LogP contribution in [0.4, 0.5) is 0 Å². The summed E-state index contributed by atoms with van der Waals surface area (Å²) in [7, 11) is 3.26. The molecule has 0 N–H and O–H groups in total. The Bertz CT molecular complexity index is 629. The van der Waals surface area contributed by atoms with Crippen molar-refractivity contribution in [3.8, 4) is 5.75 Å². The Morgan fingerprint density at radius 2 is 2.20 bits per heavy atom. The summed E-state index contributed by atoms with van der Waals surface area (Å²) in [6.45, 7) is 2.92. The van der Waals surface area contributed by atoms with E-state index in [9.17, 15) is 13.2 Å². The topological polar surface area (TPSA) is 63.7 Å². The van der Waals surface area contributed by atoms with Crippen LogP contribution in [0.2, 0.25) is 0 Å².